The number of nitrogens with one attached hydrogen (secondary N) is 1. The van der Waals surface area contributed by atoms with Crippen LogP contribution in [-0.2, 0) is 0 Å². The van der Waals surface area contributed by atoms with Crippen LogP contribution in [0.1, 0.15) is 70.8 Å². The van der Waals surface area contributed by atoms with Gasteiger partial charge in [0.2, 0.25) is 0 Å². The molecule has 21 heavy (non-hydrogen) atoms. The molecule has 2 heterocycles. The average Bonchev–Trinajstić information content (AvgIpc) is 2.44. The van der Waals surface area contributed by atoms with Crippen molar-refractivity contribution in [2.45, 2.75) is 65.2 Å². The highest BCUT2D eigenvalue weighted by Gasteiger charge is 2.20. The van der Waals surface area contributed by atoms with Crippen LogP contribution in [0, 0.1) is 0 Å². The predicted octanol–water partition coefficient (Wildman–Crippen LogP) is 4.19. The van der Waals surface area contributed by atoms with Crippen LogP contribution in [-0.4, -0.2) is 29.6 Å². The largest absolute Gasteiger partial charge is 0.370 e. The summed E-state index contributed by atoms with van der Waals surface area (Å²) in [6.07, 6.45) is 9.47. The fourth-order valence-corrected chi connectivity index (χ4v) is 3.01. The van der Waals surface area contributed by atoms with Crippen LogP contribution in [0.4, 0.5) is 11.6 Å². The Morgan fingerprint density at radius 3 is 2.38 bits per heavy atom. The van der Waals surface area contributed by atoms with E-state index in [0.717, 1.165) is 37.7 Å². The summed E-state index contributed by atoms with van der Waals surface area (Å²) in [5, 5.41) is 3.47. The van der Waals surface area contributed by atoms with Gasteiger partial charge in [0.05, 0.1) is 0 Å². The lowest BCUT2D eigenvalue weighted by Crippen LogP contribution is -2.29. The molecular formula is C17H30N4. The molecule has 1 saturated heterocycles. The lowest BCUT2D eigenvalue weighted by Gasteiger charge is -2.29. The highest BCUT2D eigenvalue weighted by Crippen LogP contribution is 2.31. The minimum absolute atomic E-state index is 0.436. The molecule has 0 atom stereocenters. The van der Waals surface area contributed by atoms with E-state index in [2.05, 4.69) is 41.0 Å². The van der Waals surface area contributed by atoms with Gasteiger partial charge >= 0.3 is 0 Å². The average molecular weight is 290 g/mol. The Hall–Kier alpha value is -1.32. The molecule has 2 rings (SSSR count). The zero-order valence-corrected chi connectivity index (χ0v) is 13.9. The van der Waals surface area contributed by atoms with Crippen LogP contribution in [0.15, 0.2) is 6.33 Å². The van der Waals surface area contributed by atoms with E-state index in [0.29, 0.717) is 5.92 Å². The predicted molar refractivity (Wildman–Crippen MR) is 90.2 cm³/mol. The molecule has 118 valence electrons. The maximum Gasteiger partial charge on any atom is 0.137 e. The Labute approximate surface area is 129 Å². The van der Waals surface area contributed by atoms with E-state index in [1.165, 1.54) is 37.7 Å². The summed E-state index contributed by atoms with van der Waals surface area (Å²) in [4.78, 5) is 11.6. The normalized spacial score (nSPS) is 16.7. The second-order valence-corrected chi connectivity index (χ2v) is 6.30. The molecule has 0 spiro atoms. The summed E-state index contributed by atoms with van der Waals surface area (Å²) in [5.74, 6) is 2.62. The molecule has 4 nitrogen and oxygen atoms in total. The Morgan fingerprint density at radius 2 is 1.76 bits per heavy atom. The molecule has 1 fully saturated rings. The molecular weight excluding hydrogens is 260 g/mol. The number of aromatic nitrogens is 2. The maximum atomic E-state index is 4.64. The molecule has 1 aliphatic heterocycles. The summed E-state index contributed by atoms with van der Waals surface area (Å²) >= 11 is 0. The van der Waals surface area contributed by atoms with Crippen molar-refractivity contribution in [2.75, 3.05) is 29.9 Å². The number of nitrogens with zero attached hydrogens (tertiary/aromatic N) is 3. The summed E-state index contributed by atoms with van der Waals surface area (Å²) < 4.78 is 0. The molecule has 0 aliphatic carbocycles. The third-order valence-corrected chi connectivity index (χ3v) is 4.14. The van der Waals surface area contributed by atoms with Gasteiger partial charge in [-0.25, -0.2) is 9.97 Å². The molecule has 0 aromatic carbocycles. The van der Waals surface area contributed by atoms with Crippen molar-refractivity contribution in [1.82, 2.24) is 9.97 Å². The monoisotopic (exact) mass is 290 g/mol. The Balaban J connectivity index is 2.27. The van der Waals surface area contributed by atoms with E-state index >= 15 is 0 Å². The van der Waals surface area contributed by atoms with Gasteiger partial charge in [-0.2, -0.15) is 0 Å². The van der Waals surface area contributed by atoms with Gasteiger partial charge in [0.1, 0.15) is 18.0 Å². The van der Waals surface area contributed by atoms with E-state index in [1.54, 1.807) is 6.33 Å². The first-order valence-electron chi connectivity index (χ1n) is 8.57. The summed E-state index contributed by atoms with van der Waals surface area (Å²) in [6, 6.07) is 0. The van der Waals surface area contributed by atoms with Gasteiger partial charge in [0.25, 0.3) is 0 Å². The van der Waals surface area contributed by atoms with Crippen molar-refractivity contribution in [3.05, 3.63) is 11.9 Å². The van der Waals surface area contributed by atoms with Crippen LogP contribution in [0.5, 0.6) is 0 Å². The van der Waals surface area contributed by atoms with Crippen LogP contribution < -0.4 is 10.2 Å². The van der Waals surface area contributed by atoms with E-state index in [4.69, 9.17) is 0 Å². The fraction of sp³-hybridized carbons (Fsp3) is 0.765. The molecule has 1 aromatic heterocycles. The molecule has 0 unspecified atom stereocenters. The van der Waals surface area contributed by atoms with Crippen molar-refractivity contribution in [1.29, 1.82) is 0 Å². The van der Waals surface area contributed by atoms with Gasteiger partial charge in [0, 0.05) is 25.2 Å². The summed E-state index contributed by atoms with van der Waals surface area (Å²) in [5.41, 5.74) is 1.28. The zero-order chi connectivity index (χ0) is 15.1. The fourth-order valence-electron chi connectivity index (χ4n) is 3.01. The van der Waals surface area contributed by atoms with Crippen molar-refractivity contribution >= 4 is 11.6 Å². The highest BCUT2D eigenvalue weighted by molar-refractivity contribution is 5.60. The highest BCUT2D eigenvalue weighted by atomic mass is 15.2. The van der Waals surface area contributed by atoms with E-state index in [-0.39, 0.29) is 0 Å². The molecule has 0 bridgehead atoms. The topological polar surface area (TPSA) is 41.1 Å². The molecule has 0 radical (unpaired) electrons. The Kier molecular flexibility index (Phi) is 6.27. The van der Waals surface area contributed by atoms with Crippen molar-refractivity contribution in [3.63, 3.8) is 0 Å². The lowest BCUT2D eigenvalue weighted by atomic mass is 10.0. The third-order valence-electron chi connectivity index (χ3n) is 4.14. The van der Waals surface area contributed by atoms with Gasteiger partial charge in [-0.05, 0) is 25.2 Å². The second-order valence-electron chi connectivity index (χ2n) is 6.30. The second kappa shape index (κ2) is 8.20. The Bertz CT molecular complexity index is 423. The first-order valence-corrected chi connectivity index (χ1v) is 8.57. The van der Waals surface area contributed by atoms with Crippen LogP contribution >= 0.6 is 0 Å². The van der Waals surface area contributed by atoms with Crippen LogP contribution in [0.3, 0.4) is 0 Å². The van der Waals surface area contributed by atoms with E-state index < -0.39 is 0 Å². The van der Waals surface area contributed by atoms with E-state index in [9.17, 15) is 0 Å². The van der Waals surface area contributed by atoms with Crippen LogP contribution in [0.2, 0.25) is 0 Å². The molecule has 4 heteroatoms. The molecule has 1 N–H and O–H groups in total. The first kappa shape index (κ1) is 16.1. The van der Waals surface area contributed by atoms with Gasteiger partial charge in [0.15, 0.2) is 0 Å². The maximum absolute atomic E-state index is 4.64. The van der Waals surface area contributed by atoms with Crippen molar-refractivity contribution in [2.24, 2.45) is 0 Å². The number of hydrogen-bond acceptors (Lipinski definition) is 4. The molecule has 0 saturated carbocycles. The summed E-state index contributed by atoms with van der Waals surface area (Å²) in [6.45, 7) is 9.89. The van der Waals surface area contributed by atoms with Gasteiger partial charge in [-0.1, -0.05) is 40.0 Å². The quantitative estimate of drug-likeness (QED) is 0.882. The SMILES string of the molecule is CCCNc1ncnc(N2CCCCCCC2)c1C(C)C. The zero-order valence-electron chi connectivity index (χ0n) is 13.9. The molecule has 0 amide bonds. The molecule has 1 aliphatic rings. The standard InChI is InChI=1S/C17H30N4/c1-4-10-18-16-15(14(2)3)17(20-13-19-16)21-11-8-6-5-7-9-12-21/h13-14H,4-12H2,1-3H3,(H,18,19,20). The van der Waals surface area contributed by atoms with Crippen molar-refractivity contribution in [3.8, 4) is 0 Å². The van der Waals surface area contributed by atoms with Gasteiger partial charge < -0.3 is 10.2 Å². The van der Waals surface area contributed by atoms with Crippen LogP contribution in [0.25, 0.3) is 0 Å². The van der Waals surface area contributed by atoms with Gasteiger partial charge in [-0.3, -0.25) is 0 Å². The summed E-state index contributed by atoms with van der Waals surface area (Å²) in [7, 11) is 0. The molecule has 1 aromatic rings. The minimum atomic E-state index is 0.436. The Morgan fingerprint density at radius 1 is 1.10 bits per heavy atom. The smallest absolute Gasteiger partial charge is 0.137 e. The number of hydrogen-bond donors (Lipinski definition) is 1. The minimum Gasteiger partial charge on any atom is -0.370 e. The third kappa shape index (κ3) is 4.32. The first-order chi connectivity index (χ1) is 10.2. The lowest BCUT2D eigenvalue weighted by molar-refractivity contribution is 0.551. The number of rotatable bonds is 5. The van der Waals surface area contributed by atoms with E-state index in [1.807, 2.05) is 0 Å². The van der Waals surface area contributed by atoms with Crippen molar-refractivity contribution < 1.29 is 0 Å². The van der Waals surface area contributed by atoms with Gasteiger partial charge in [-0.15, -0.1) is 0 Å². The number of anilines is 2.